The highest BCUT2D eigenvalue weighted by atomic mass is 16.5. The molecule has 3 nitrogen and oxygen atoms in total. The molecule has 3 aromatic rings. The standard InChI is InChI=1S/C17H12NO2/c19-11-13-6-8-14(9-7-13)12-20-17-5-1-4-16-15(17)3-2-10-18-16/h1-10H,12H2. The Labute approximate surface area is 116 Å². The van der Waals surface area contributed by atoms with Crippen LogP contribution in [-0.4, -0.2) is 11.3 Å². The number of fused-ring (bicyclic) bond motifs is 1. The molecule has 0 saturated carbocycles. The maximum Gasteiger partial charge on any atom is 0.233 e. The van der Waals surface area contributed by atoms with Gasteiger partial charge in [-0.1, -0.05) is 30.3 Å². The van der Waals surface area contributed by atoms with Crippen LogP contribution in [0.3, 0.4) is 0 Å². The Morgan fingerprint density at radius 3 is 2.65 bits per heavy atom. The number of carbonyl (C=O) groups excluding carboxylic acids is 1. The number of pyridine rings is 1. The van der Waals surface area contributed by atoms with Gasteiger partial charge in [-0.15, -0.1) is 0 Å². The van der Waals surface area contributed by atoms with Gasteiger partial charge in [0.1, 0.15) is 12.4 Å². The smallest absolute Gasteiger partial charge is 0.233 e. The van der Waals surface area contributed by atoms with Crippen molar-refractivity contribution in [1.29, 1.82) is 0 Å². The summed E-state index contributed by atoms with van der Waals surface area (Å²) >= 11 is 0. The summed E-state index contributed by atoms with van der Waals surface area (Å²) in [6, 6.07) is 16.9. The van der Waals surface area contributed by atoms with E-state index in [0.29, 0.717) is 12.2 Å². The van der Waals surface area contributed by atoms with Crippen molar-refractivity contribution in [2.75, 3.05) is 0 Å². The zero-order chi connectivity index (χ0) is 13.8. The Balaban J connectivity index is 1.81. The van der Waals surface area contributed by atoms with Crippen LogP contribution in [0.2, 0.25) is 0 Å². The Kier molecular flexibility index (Phi) is 3.42. The molecule has 2 aromatic carbocycles. The minimum atomic E-state index is 0.452. The third-order valence-electron chi connectivity index (χ3n) is 3.07. The second-order valence-corrected chi connectivity index (χ2v) is 4.41. The lowest BCUT2D eigenvalue weighted by Gasteiger charge is -2.09. The van der Waals surface area contributed by atoms with Crippen molar-refractivity contribution in [2.24, 2.45) is 0 Å². The van der Waals surface area contributed by atoms with Crippen molar-refractivity contribution < 1.29 is 9.53 Å². The van der Waals surface area contributed by atoms with Crippen LogP contribution in [0, 0.1) is 0 Å². The average Bonchev–Trinajstić information content (AvgIpc) is 2.53. The number of hydrogen-bond acceptors (Lipinski definition) is 3. The first kappa shape index (κ1) is 12.4. The minimum Gasteiger partial charge on any atom is -0.488 e. The Bertz CT molecular complexity index is 730. The highest BCUT2D eigenvalue weighted by Gasteiger charge is 2.02. The van der Waals surface area contributed by atoms with Gasteiger partial charge in [0.05, 0.1) is 5.52 Å². The Morgan fingerprint density at radius 2 is 1.85 bits per heavy atom. The molecule has 1 radical (unpaired) electrons. The zero-order valence-electron chi connectivity index (χ0n) is 10.7. The molecule has 0 saturated heterocycles. The molecule has 97 valence electrons. The predicted octanol–water partition coefficient (Wildman–Crippen LogP) is 3.27. The predicted molar refractivity (Wildman–Crippen MR) is 77.3 cm³/mol. The first-order chi connectivity index (χ1) is 9.86. The molecule has 0 atom stereocenters. The van der Waals surface area contributed by atoms with Crippen LogP contribution in [0.4, 0.5) is 0 Å². The van der Waals surface area contributed by atoms with E-state index in [2.05, 4.69) is 4.98 Å². The van der Waals surface area contributed by atoms with Crippen LogP contribution in [0.5, 0.6) is 5.75 Å². The first-order valence-electron chi connectivity index (χ1n) is 6.30. The van der Waals surface area contributed by atoms with Gasteiger partial charge >= 0.3 is 0 Å². The van der Waals surface area contributed by atoms with Crippen molar-refractivity contribution in [3.63, 3.8) is 0 Å². The molecule has 0 bridgehead atoms. The molecule has 0 fully saturated rings. The van der Waals surface area contributed by atoms with Crippen LogP contribution >= 0.6 is 0 Å². The highest BCUT2D eigenvalue weighted by molar-refractivity contribution is 5.84. The zero-order valence-corrected chi connectivity index (χ0v) is 10.7. The number of hydrogen-bond donors (Lipinski definition) is 0. The van der Waals surface area contributed by atoms with Gasteiger partial charge in [0, 0.05) is 17.1 Å². The van der Waals surface area contributed by atoms with E-state index in [1.54, 1.807) is 18.3 Å². The fourth-order valence-electron chi connectivity index (χ4n) is 2.03. The van der Waals surface area contributed by atoms with E-state index >= 15 is 0 Å². The summed E-state index contributed by atoms with van der Waals surface area (Å²) in [5, 5.41) is 0.993. The Morgan fingerprint density at radius 1 is 1.00 bits per heavy atom. The molecule has 3 heteroatoms. The molecule has 20 heavy (non-hydrogen) atoms. The topological polar surface area (TPSA) is 39.2 Å². The van der Waals surface area contributed by atoms with E-state index < -0.39 is 0 Å². The lowest BCUT2D eigenvalue weighted by Crippen LogP contribution is -1.96. The second kappa shape index (κ2) is 5.53. The molecule has 0 N–H and O–H groups in total. The van der Waals surface area contributed by atoms with Gasteiger partial charge in [0.15, 0.2) is 0 Å². The number of nitrogens with zero attached hydrogens (tertiary/aromatic N) is 1. The second-order valence-electron chi connectivity index (χ2n) is 4.41. The van der Waals surface area contributed by atoms with E-state index in [9.17, 15) is 4.79 Å². The van der Waals surface area contributed by atoms with Crippen LogP contribution in [0.15, 0.2) is 60.8 Å². The summed E-state index contributed by atoms with van der Waals surface area (Å²) in [6.07, 6.45) is 3.62. The summed E-state index contributed by atoms with van der Waals surface area (Å²) in [6.45, 7) is 0.452. The summed E-state index contributed by atoms with van der Waals surface area (Å²) in [5.74, 6) is 0.807. The van der Waals surface area contributed by atoms with E-state index in [-0.39, 0.29) is 0 Å². The third-order valence-corrected chi connectivity index (χ3v) is 3.07. The van der Waals surface area contributed by atoms with Crippen LogP contribution < -0.4 is 4.74 Å². The lowest BCUT2D eigenvalue weighted by molar-refractivity contribution is 0.310. The van der Waals surface area contributed by atoms with E-state index in [0.717, 1.165) is 22.2 Å². The first-order valence-corrected chi connectivity index (χ1v) is 6.30. The summed E-state index contributed by atoms with van der Waals surface area (Å²) < 4.78 is 5.84. The largest absolute Gasteiger partial charge is 0.488 e. The summed E-state index contributed by atoms with van der Waals surface area (Å²) in [5.41, 5.74) is 2.46. The van der Waals surface area contributed by atoms with Crippen LogP contribution in [-0.2, 0) is 11.4 Å². The van der Waals surface area contributed by atoms with Crippen molar-refractivity contribution >= 4 is 17.2 Å². The van der Waals surface area contributed by atoms with Crippen molar-refractivity contribution in [3.8, 4) is 5.75 Å². The molecular weight excluding hydrogens is 250 g/mol. The van der Waals surface area contributed by atoms with Gasteiger partial charge in [-0.25, -0.2) is 0 Å². The number of rotatable bonds is 4. The molecule has 1 aromatic heterocycles. The molecule has 0 amide bonds. The molecule has 3 rings (SSSR count). The van der Waals surface area contributed by atoms with Crippen molar-refractivity contribution in [2.45, 2.75) is 6.61 Å². The summed E-state index contributed by atoms with van der Waals surface area (Å²) in [4.78, 5) is 14.8. The third kappa shape index (κ3) is 2.52. The quantitative estimate of drug-likeness (QED) is 0.724. The molecular formula is C17H12NO2. The van der Waals surface area contributed by atoms with Crippen LogP contribution in [0.1, 0.15) is 11.1 Å². The molecule has 0 aliphatic carbocycles. The van der Waals surface area contributed by atoms with Crippen LogP contribution in [0.25, 0.3) is 10.9 Å². The van der Waals surface area contributed by atoms with Crippen molar-refractivity contribution in [3.05, 3.63) is 71.9 Å². The number of ether oxygens (including phenoxy) is 1. The SMILES string of the molecule is O=[C]c1ccc(COc2cccc3ncccc23)cc1. The van der Waals surface area contributed by atoms with Gasteiger partial charge in [-0.05, 0) is 29.8 Å². The van der Waals surface area contributed by atoms with Crippen molar-refractivity contribution in [1.82, 2.24) is 4.98 Å². The van der Waals surface area contributed by atoms with Gasteiger partial charge in [-0.2, -0.15) is 0 Å². The molecule has 0 aliphatic rings. The minimum absolute atomic E-state index is 0.452. The fourth-order valence-corrected chi connectivity index (χ4v) is 2.03. The lowest BCUT2D eigenvalue weighted by atomic mass is 10.1. The maximum atomic E-state index is 10.5. The van der Waals surface area contributed by atoms with Gasteiger partial charge in [0.25, 0.3) is 0 Å². The fraction of sp³-hybridized carbons (Fsp3) is 0.0588. The highest BCUT2D eigenvalue weighted by Crippen LogP contribution is 2.24. The Hall–Kier alpha value is -2.68. The molecule has 0 unspecified atom stereocenters. The van der Waals surface area contributed by atoms with Gasteiger partial charge in [-0.3, -0.25) is 9.78 Å². The maximum absolute atomic E-state index is 10.5. The van der Waals surface area contributed by atoms with Gasteiger partial charge < -0.3 is 4.74 Å². The summed E-state index contributed by atoms with van der Waals surface area (Å²) in [7, 11) is 0. The average molecular weight is 262 g/mol. The van der Waals surface area contributed by atoms with E-state index in [1.807, 2.05) is 48.8 Å². The molecule has 1 heterocycles. The number of benzene rings is 2. The van der Waals surface area contributed by atoms with E-state index in [1.165, 1.54) is 0 Å². The number of aromatic nitrogens is 1. The van der Waals surface area contributed by atoms with E-state index in [4.69, 9.17) is 4.74 Å². The molecule has 0 spiro atoms. The normalized spacial score (nSPS) is 10.4. The van der Waals surface area contributed by atoms with Gasteiger partial charge in [0.2, 0.25) is 6.29 Å². The monoisotopic (exact) mass is 262 g/mol. The molecule has 0 aliphatic heterocycles.